The third-order valence-electron chi connectivity index (χ3n) is 4.19. The number of ketones is 1. The molecule has 0 aliphatic carbocycles. The van der Waals surface area contributed by atoms with Crippen molar-refractivity contribution in [2.45, 2.75) is 19.8 Å². The van der Waals surface area contributed by atoms with Crippen LogP contribution in [0.3, 0.4) is 0 Å². The Kier molecular flexibility index (Phi) is 5.03. The van der Waals surface area contributed by atoms with Crippen LogP contribution in [0.25, 0.3) is 0 Å². The number of hydrogen-bond acceptors (Lipinski definition) is 6. The van der Waals surface area contributed by atoms with Crippen molar-refractivity contribution in [3.05, 3.63) is 53.6 Å². The fraction of sp³-hybridized carbons (Fsp3) is 0.200. The Morgan fingerprint density at radius 2 is 1.48 bits per heavy atom. The minimum atomic E-state index is -0.630. The van der Waals surface area contributed by atoms with Crippen molar-refractivity contribution in [2.75, 3.05) is 12.0 Å². The van der Waals surface area contributed by atoms with E-state index in [4.69, 9.17) is 9.47 Å². The molecule has 0 N–H and O–H groups in total. The quantitative estimate of drug-likeness (QED) is 0.349. The summed E-state index contributed by atoms with van der Waals surface area (Å²) >= 11 is 0. The molecule has 3 rings (SSSR count). The minimum Gasteiger partial charge on any atom is -0.493 e. The molecule has 7 nitrogen and oxygen atoms in total. The molecule has 1 fully saturated rings. The van der Waals surface area contributed by atoms with Gasteiger partial charge in [0, 0.05) is 18.4 Å². The van der Waals surface area contributed by atoms with Crippen LogP contribution in [0.15, 0.2) is 42.5 Å². The van der Waals surface area contributed by atoms with E-state index in [1.165, 1.54) is 50.4 Å². The first-order valence-electron chi connectivity index (χ1n) is 8.27. The second kappa shape index (κ2) is 7.41. The molecule has 1 heterocycles. The molecule has 0 bridgehead atoms. The monoisotopic (exact) mass is 367 g/mol. The van der Waals surface area contributed by atoms with Crippen molar-refractivity contribution < 1.29 is 28.7 Å². The first kappa shape index (κ1) is 18.3. The summed E-state index contributed by atoms with van der Waals surface area (Å²) in [4.78, 5) is 48.5. The topological polar surface area (TPSA) is 90.0 Å². The highest BCUT2D eigenvalue weighted by molar-refractivity contribution is 6.19. The fourth-order valence-corrected chi connectivity index (χ4v) is 2.74. The van der Waals surface area contributed by atoms with Gasteiger partial charge in [-0.15, -0.1) is 0 Å². The number of ether oxygens (including phenoxy) is 2. The van der Waals surface area contributed by atoms with Crippen LogP contribution >= 0.6 is 0 Å². The van der Waals surface area contributed by atoms with Gasteiger partial charge >= 0.3 is 5.97 Å². The Hall–Kier alpha value is -3.48. The number of rotatable bonds is 5. The fourth-order valence-electron chi connectivity index (χ4n) is 2.74. The van der Waals surface area contributed by atoms with Gasteiger partial charge in [-0.1, -0.05) is 0 Å². The number of anilines is 1. The van der Waals surface area contributed by atoms with Gasteiger partial charge in [-0.2, -0.15) is 0 Å². The summed E-state index contributed by atoms with van der Waals surface area (Å²) < 4.78 is 10.5. The molecule has 138 valence electrons. The van der Waals surface area contributed by atoms with Crippen LogP contribution in [0, 0.1) is 0 Å². The number of amides is 2. The van der Waals surface area contributed by atoms with E-state index in [1.807, 2.05) is 0 Å². The summed E-state index contributed by atoms with van der Waals surface area (Å²) in [5.41, 5.74) is 1.11. The van der Waals surface area contributed by atoms with E-state index in [9.17, 15) is 19.2 Å². The zero-order valence-electron chi connectivity index (χ0n) is 14.9. The van der Waals surface area contributed by atoms with Crippen molar-refractivity contribution in [3.63, 3.8) is 0 Å². The first-order chi connectivity index (χ1) is 12.9. The molecule has 0 saturated carbocycles. The number of imide groups is 1. The SMILES string of the molecule is COc1cc(C(C)=O)ccc1OC(=O)c1ccc(N2C(=O)CCC2=O)cc1. The molecule has 0 spiro atoms. The summed E-state index contributed by atoms with van der Waals surface area (Å²) in [5, 5.41) is 0. The first-order valence-corrected chi connectivity index (χ1v) is 8.27. The average Bonchev–Trinajstić information content (AvgIpc) is 3.00. The second-order valence-electron chi connectivity index (χ2n) is 5.98. The molecule has 0 aromatic heterocycles. The van der Waals surface area contributed by atoms with Crippen LogP contribution in [0.2, 0.25) is 0 Å². The molecule has 0 atom stereocenters. The van der Waals surface area contributed by atoms with Gasteiger partial charge in [0.25, 0.3) is 0 Å². The third kappa shape index (κ3) is 3.72. The molecule has 1 aliphatic heterocycles. The minimum absolute atomic E-state index is 0.132. The number of Topliss-reactive ketones (excluding diaryl/α,β-unsaturated/α-hetero) is 1. The van der Waals surface area contributed by atoms with Gasteiger partial charge in [0.1, 0.15) is 0 Å². The molecular weight excluding hydrogens is 350 g/mol. The summed E-state index contributed by atoms with van der Waals surface area (Å²) in [6.07, 6.45) is 0.386. The summed E-state index contributed by atoms with van der Waals surface area (Å²) in [6.45, 7) is 1.43. The van der Waals surface area contributed by atoms with E-state index in [-0.39, 0.29) is 47.5 Å². The van der Waals surface area contributed by atoms with E-state index in [2.05, 4.69) is 0 Å². The lowest BCUT2D eigenvalue weighted by Gasteiger charge is -2.14. The van der Waals surface area contributed by atoms with Crippen molar-refractivity contribution in [2.24, 2.45) is 0 Å². The molecule has 2 amide bonds. The van der Waals surface area contributed by atoms with Crippen molar-refractivity contribution in [1.29, 1.82) is 0 Å². The van der Waals surface area contributed by atoms with Gasteiger partial charge in [-0.25, -0.2) is 4.79 Å². The smallest absolute Gasteiger partial charge is 0.343 e. The normalized spacial score (nSPS) is 13.6. The number of esters is 1. The zero-order valence-corrected chi connectivity index (χ0v) is 14.9. The number of carbonyl (C=O) groups is 4. The van der Waals surface area contributed by atoms with Gasteiger partial charge in [0.15, 0.2) is 17.3 Å². The Bertz CT molecular complexity index is 916. The van der Waals surface area contributed by atoms with Gasteiger partial charge in [0.2, 0.25) is 11.8 Å². The molecule has 0 unspecified atom stereocenters. The summed E-state index contributed by atoms with van der Waals surface area (Å²) in [7, 11) is 1.41. The van der Waals surface area contributed by atoms with Crippen molar-refractivity contribution >= 4 is 29.3 Å². The van der Waals surface area contributed by atoms with Crippen LogP contribution in [-0.4, -0.2) is 30.7 Å². The van der Waals surface area contributed by atoms with Crippen LogP contribution < -0.4 is 14.4 Å². The maximum atomic E-state index is 12.4. The molecule has 1 aliphatic rings. The number of methoxy groups -OCH3 is 1. The second-order valence-corrected chi connectivity index (χ2v) is 5.98. The van der Waals surface area contributed by atoms with Gasteiger partial charge in [0.05, 0.1) is 18.4 Å². The van der Waals surface area contributed by atoms with Crippen LogP contribution in [-0.2, 0) is 9.59 Å². The highest BCUT2D eigenvalue weighted by Gasteiger charge is 2.30. The Balaban J connectivity index is 1.78. The molecule has 2 aromatic carbocycles. The molecule has 1 saturated heterocycles. The van der Waals surface area contributed by atoms with Crippen molar-refractivity contribution in [1.82, 2.24) is 0 Å². The Morgan fingerprint density at radius 1 is 0.889 bits per heavy atom. The predicted octanol–water partition coefficient (Wildman–Crippen LogP) is 2.77. The lowest BCUT2D eigenvalue weighted by atomic mass is 10.1. The highest BCUT2D eigenvalue weighted by Crippen LogP contribution is 2.29. The van der Waals surface area contributed by atoms with E-state index in [0.717, 1.165) is 4.90 Å². The van der Waals surface area contributed by atoms with Gasteiger partial charge in [-0.05, 0) is 49.4 Å². The molecule has 27 heavy (non-hydrogen) atoms. The lowest BCUT2D eigenvalue weighted by Crippen LogP contribution is -2.28. The molecule has 7 heteroatoms. The number of hydrogen-bond donors (Lipinski definition) is 0. The van der Waals surface area contributed by atoms with Crippen molar-refractivity contribution in [3.8, 4) is 11.5 Å². The third-order valence-corrected chi connectivity index (χ3v) is 4.19. The van der Waals surface area contributed by atoms with E-state index in [1.54, 1.807) is 6.07 Å². The number of nitrogens with zero attached hydrogens (tertiary/aromatic N) is 1. The molecule has 0 radical (unpaired) electrons. The lowest BCUT2D eigenvalue weighted by molar-refractivity contribution is -0.121. The van der Waals surface area contributed by atoms with E-state index < -0.39 is 5.97 Å². The van der Waals surface area contributed by atoms with E-state index >= 15 is 0 Å². The zero-order chi connectivity index (χ0) is 19.6. The maximum Gasteiger partial charge on any atom is 0.343 e. The molecule has 2 aromatic rings. The van der Waals surface area contributed by atoms with Gasteiger partial charge in [-0.3, -0.25) is 19.3 Å². The van der Waals surface area contributed by atoms with Crippen LogP contribution in [0.1, 0.15) is 40.5 Å². The maximum absolute atomic E-state index is 12.4. The standard InChI is InChI=1S/C20H17NO6/c1-12(22)14-5-8-16(17(11-14)26-2)27-20(25)13-3-6-15(7-4-13)21-18(23)9-10-19(21)24/h3-8,11H,9-10H2,1-2H3. The average molecular weight is 367 g/mol. The predicted molar refractivity (Wildman–Crippen MR) is 96.1 cm³/mol. The Morgan fingerprint density at radius 3 is 2.04 bits per heavy atom. The van der Waals surface area contributed by atoms with E-state index in [0.29, 0.717) is 11.3 Å². The largest absolute Gasteiger partial charge is 0.493 e. The number of benzene rings is 2. The molecular formula is C20H17NO6. The van der Waals surface area contributed by atoms with Crippen LogP contribution in [0.5, 0.6) is 11.5 Å². The number of carbonyl (C=O) groups excluding carboxylic acids is 4. The summed E-state index contributed by atoms with van der Waals surface area (Å²) in [6, 6.07) is 10.5. The Labute approximate surface area is 155 Å². The van der Waals surface area contributed by atoms with Crippen LogP contribution in [0.4, 0.5) is 5.69 Å². The van der Waals surface area contributed by atoms with Gasteiger partial charge < -0.3 is 9.47 Å². The highest BCUT2D eigenvalue weighted by atomic mass is 16.6. The summed E-state index contributed by atoms with van der Waals surface area (Å²) in [5.74, 6) is -0.832.